The van der Waals surface area contributed by atoms with Crippen LogP contribution in [0.5, 0.6) is 11.6 Å². The molecule has 1 heterocycles. The van der Waals surface area contributed by atoms with Crippen molar-refractivity contribution >= 4 is 39.7 Å². The zero-order valence-corrected chi connectivity index (χ0v) is 12.2. The fourth-order valence-electron chi connectivity index (χ4n) is 1.30. The van der Waals surface area contributed by atoms with Gasteiger partial charge in [0, 0.05) is 22.3 Å². The van der Waals surface area contributed by atoms with Crippen molar-refractivity contribution in [2.24, 2.45) is 4.99 Å². The number of aromatic nitrogens is 2. The Morgan fingerprint density at radius 1 is 1.37 bits per heavy atom. The molecule has 19 heavy (non-hydrogen) atoms. The molecule has 0 radical (unpaired) electrons. The Bertz CT molecular complexity index is 634. The Morgan fingerprint density at radius 3 is 2.89 bits per heavy atom. The van der Waals surface area contributed by atoms with E-state index in [2.05, 4.69) is 30.9 Å². The predicted octanol–water partition coefficient (Wildman–Crippen LogP) is 3.36. The topological polar surface area (TPSA) is 67.6 Å². The van der Waals surface area contributed by atoms with Crippen LogP contribution in [-0.4, -0.2) is 28.4 Å². The van der Waals surface area contributed by atoms with E-state index in [0.29, 0.717) is 11.4 Å². The lowest BCUT2D eigenvalue weighted by Gasteiger charge is -2.01. The average molecular weight is 343 g/mol. The van der Waals surface area contributed by atoms with Gasteiger partial charge >= 0.3 is 0 Å². The van der Waals surface area contributed by atoms with Crippen molar-refractivity contribution in [3.63, 3.8) is 0 Å². The Kier molecular flexibility index (Phi) is 4.34. The molecule has 0 aliphatic rings. The molecule has 2 rings (SSSR count). The molecule has 1 N–H and O–H groups in total. The summed E-state index contributed by atoms with van der Waals surface area (Å²) in [5, 5.41) is 9.90. The van der Waals surface area contributed by atoms with Crippen molar-refractivity contribution in [1.82, 2.24) is 9.97 Å². The van der Waals surface area contributed by atoms with Gasteiger partial charge in [-0.3, -0.25) is 0 Å². The molecule has 1 aromatic heterocycles. The molecule has 1 aromatic carbocycles. The molecular formula is C12H9BrClN3O2. The zero-order valence-electron chi connectivity index (χ0n) is 9.84. The number of ether oxygens (including phenoxy) is 1. The largest absolute Gasteiger partial charge is 0.507 e. The highest BCUT2D eigenvalue weighted by atomic mass is 79.9. The van der Waals surface area contributed by atoms with E-state index in [1.54, 1.807) is 18.2 Å². The number of nitrogens with zero attached hydrogens (tertiary/aromatic N) is 3. The summed E-state index contributed by atoms with van der Waals surface area (Å²) in [7, 11) is 1.48. The van der Waals surface area contributed by atoms with Gasteiger partial charge in [-0.1, -0.05) is 27.5 Å². The van der Waals surface area contributed by atoms with Gasteiger partial charge in [0.1, 0.15) is 10.9 Å². The van der Waals surface area contributed by atoms with E-state index >= 15 is 0 Å². The molecule has 0 saturated heterocycles. The molecule has 2 aromatic rings. The smallest absolute Gasteiger partial charge is 0.254 e. The molecule has 0 amide bonds. The van der Waals surface area contributed by atoms with E-state index in [0.717, 1.165) is 4.47 Å². The first-order valence-corrected chi connectivity index (χ1v) is 6.37. The third kappa shape index (κ3) is 3.65. The van der Waals surface area contributed by atoms with E-state index in [-0.39, 0.29) is 16.9 Å². The first-order chi connectivity index (χ1) is 9.08. The molecule has 7 heteroatoms. The highest BCUT2D eigenvalue weighted by molar-refractivity contribution is 9.10. The summed E-state index contributed by atoms with van der Waals surface area (Å²) in [6.07, 6.45) is 1.45. The van der Waals surface area contributed by atoms with E-state index in [4.69, 9.17) is 16.3 Å². The molecule has 0 unspecified atom stereocenters. The quantitative estimate of drug-likeness (QED) is 0.686. The number of phenols is 1. The molecule has 0 aliphatic heterocycles. The molecule has 0 aliphatic carbocycles. The minimum atomic E-state index is 0.112. The van der Waals surface area contributed by atoms with Gasteiger partial charge in [-0.15, -0.1) is 0 Å². The summed E-state index contributed by atoms with van der Waals surface area (Å²) in [4.78, 5) is 12.0. The maximum absolute atomic E-state index is 9.66. The van der Waals surface area contributed by atoms with Crippen LogP contribution in [0.3, 0.4) is 0 Å². The van der Waals surface area contributed by atoms with Crippen molar-refractivity contribution in [1.29, 1.82) is 0 Å². The van der Waals surface area contributed by atoms with Crippen LogP contribution in [0.2, 0.25) is 5.15 Å². The van der Waals surface area contributed by atoms with Crippen LogP contribution in [-0.2, 0) is 0 Å². The third-order valence-corrected chi connectivity index (χ3v) is 2.86. The maximum Gasteiger partial charge on any atom is 0.254 e. The van der Waals surface area contributed by atoms with Crippen LogP contribution in [0.1, 0.15) is 5.56 Å². The van der Waals surface area contributed by atoms with Crippen LogP contribution in [0.25, 0.3) is 0 Å². The third-order valence-electron chi connectivity index (χ3n) is 2.18. The van der Waals surface area contributed by atoms with Gasteiger partial charge in [-0.25, -0.2) is 4.99 Å². The number of methoxy groups -OCH3 is 1. The lowest BCUT2D eigenvalue weighted by molar-refractivity contribution is 0.397. The molecule has 0 spiro atoms. The summed E-state index contributed by atoms with van der Waals surface area (Å²) >= 11 is 9.12. The Labute approximate surface area is 123 Å². The van der Waals surface area contributed by atoms with Crippen LogP contribution in [0.4, 0.5) is 5.95 Å². The summed E-state index contributed by atoms with van der Waals surface area (Å²) in [5.74, 6) is 0.593. The number of hydrogen-bond donors (Lipinski definition) is 1. The Hall–Kier alpha value is -1.66. The lowest BCUT2D eigenvalue weighted by atomic mass is 10.2. The average Bonchev–Trinajstić information content (AvgIpc) is 2.39. The number of halogens is 2. The molecule has 0 fully saturated rings. The van der Waals surface area contributed by atoms with Crippen LogP contribution in [0.15, 0.2) is 33.7 Å². The normalized spacial score (nSPS) is 10.9. The van der Waals surface area contributed by atoms with Gasteiger partial charge in [0.25, 0.3) is 5.95 Å². The molecule has 0 atom stereocenters. The van der Waals surface area contributed by atoms with Gasteiger partial charge < -0.3 is 9.84 Å². The van der Waals surface area contributed by atoms with Crippen molar-refractivity contribution in [2.45, 2.75) is 0 Å². The number of aliphatic imine (C=N–C) groups is 1. The summed E-state index contributed by atoms with van der Waals surface area (Å²) in [6, 6.07) is 6.49. The lowest BCUT2D eigenvalue weighted by Crippen LogP contribution is -1.90. The van der Waals surface area contributed by atoms with Gasteiger partial charge in [-0.2, -0.15) is 9.97 Å². The molecule has 98 valence electrons. The molecular weight excluding hydrogens is 334 g/mol. The maximum atomic E-state index is 9.66. The minimum Gasteiger partial charge on any atom is -0.507 e. The minimum absolute atomic E-state index is 0.112. The first kappa shape index (κ1) is 13.8. The Balaban J connectivity index is 2.32. The van der Waals surface area contributed by atoms with E-state index in [9.17, 15) is 5.11 Å². The van der Waals surface area contributed by atoms with Gasteiger partial charge in [-0.05, 0) is 18.2 Å². The second-order valence-corrected chi connectivity index (χ2v) is 4.80. The highest BCUT2D eigenvalue weighted by Gasteiger charge is 2.03. The highest BCUT2D eigenvalue weighted by Crippen LogP contribution is 2.22. The second-order valence-electron chi connectivity index (χ2n) is 3.49. The Morgan fingerprint density at radius 2 is 2.16 bits per heavy atom. The zero-order chi connectivity index (χ0) is 13.8. The fourth-order valence-corrected chi connectivity index (χ4v) is 1.85. The van der Waals surface area contributed by atoms with Crippen molar-refractivity contribution in [3.8, 4) is 11.6 Å². The van der Waals surface area contributed by atoms with E-state index in [1.807, 2.05) is 0 Å². The first-order valence-electron chi connectivity index (χ1n) is 5.19. The summed E-state index contributed by atoms with van der Waals surface area (Å²) < 4.78 is 5.79. The van der Waals surface area contributed by atoms with Gasteiger partial charge in [0.05, 0.1) is 7.11 Å². The number of aromatic hydroxyl groups is 1. The summed E-state index contributed by atoms with van der Waals surface area (Å²) in [5.41, 5.74) is 0.539. The van der Waals surface area contributed by atoms with E-state index < -0.39 is 0 Å². The standard InChI is InChI=1S/C12H9BrClN3O2/c1-19-11-5-10(14)16-12(17-11)15-6-7-4-8(13)2-3-9(7)18/h2-6,18H,1H3. The molecule has 0 saturated carbocycles. The molecule has 5 nitrogen and oxygen atoms in total. The number of hydrogen-bond acceptors (Lipinski definition) is 5. The predicted molar refractivity (Wildman–Crippen MR) is 76.7 cm³/mol. The number of phenolic OH excluding ortho intramolecular Hbond substituents is 1. The van der Waals surface area contributed by atoms with Gasteiger partial charge in [0.2, 0.25) is 5.88 Å². The second kappa shape index (κ2) is 5.99. The monoisotopic (exact) mass is 341 g/mol. The van der Waals surface area contributed by atoms with E-state index in [1.165, 1.54) is 19.4 Å². The number of benzene rings is 1. The van der Waals surface area contributed by atoms with Crippen LogP contribution < -0.4 is 4.74 Å². The SMILES string of the molecule is COc1cc(Cl)nc(N=Cc2cc(Br)ccc2O)n1. The van der Waals surface area contributed by atoms with Crippen LogP contribution >= 0.6 is 27.5 Å². The molecule has 0 bridgehead atoms. The fraction of sp³-hybridized carbons (Fsp3) is 0.0833. The van der Waals surface area contributed by atoms with Crippen molar-refractivity contribution < 1.29 is 9.84 Å². The van der Waals surface area contributed by atoms with Crippen molar-refractivity contribution in [2.75, 3.05) is 7.11 Å². The van der Waals surface area contributed by atoms with Crippen LogP contribution in [0, 0.1) is 0 Å². The summed E-state index contributed by atoms with van der Waals surface area (Å²) in [6.45, 7) is 0. The van der Waals surface area contributed by atoms with Crippen molar-refractivity contribution in [3.05, 3.63) is 39.5 Å². The van der Waals surface area contributed by atoms with Gasteiger partial charge in [0.15, 0.2) is 0 Å². The number of rotatable bonds is 3.